The maximum Gasteiger partial charge on any atom is 0.191 e. The molecule has 2 aromatic rings. The summed E-state index contributed by atoms with van der Waals surface area (Å²) in [6.45, 7) is 5.39. The van der Waals surface area contributed by atoms with E-state index in [1.54, 1.807) is 11.7 Å². The fraction of sp³-hybridized carbons (Fsp3) is 0.500. The van der Waals surface area contributed by atoms with Gasteiger partial charge in [-0.15, -0.1) is 24.0 Å². The Morgan fingerprint density at radius 3 is 2.64 bits per heavy atom. The smallest absolute Gasteiger partial charge is 0.191 e. The highest BCUT2D eigenvalue weighted by atomic mass is 127. The molecule has 0 unspecified atom stereocenters. The van der Waals surface area contributed by atoms with Gasteiger partial charge in [-0.2, -0.15) is 5.10 Å². The Labute approximate surface area is 147 Å². The maximum atomic E-state index is 5.28. The molecular weight excluding hydrogens is 395 g/mol. The highest BCUT2D eigenvalue weighted by molar-refractivity contribution is 14.0. The summed E-state index contributed by atoms with van der Waals surface area (Å²) in [5.41, 5.74) is 2.06. The molecular formula is C14H23IN6O. The van der Waals surface area contributed by atoms with Crippen LogP contribution in [0.25, 0.3) is 0 Å². The van der Waals surface area contributed by atoms with Crippen molar-refractivity contribution in [1.82, 2.24) is 25.6 Å². The van der Waals surface area contributed by atoms with Crippen molar-refractivity contribution in [3.05, 3.63) is 35.5 Å². The van der Waals surface area contributed by atoms with Crippen molar-refractivity contribution in [2.75, 3.05) is 7.05 Å². The molecule has 8 heteroatoms. The number of nitrogens with one attached hydrogen (secondary N) is 2. The van der Waals surface area contributed by atoms with Gasteiger partial charge in [0, 0.05) is 38.5 Å². The van der Waals surface area contributed by atoms with E-state index in [1.807, 2.05) is 25.5 Å². The molecule has 22 heavy (non-hydrogen) atoms. The van der Waals surface area contributed by atoms with Gasteiger partial charge in [0.05, 0.1) is 18.4 Å². The molecule has 2 rings (SSSR count). The largest absolute Gasteiger partial charge is 0.359 e. The molecule has 7 nitrogen and oxygen atoms in total. The zero-order valence-corrected chi connectivity index (χ0v) is 15.7. The standard InChI is InChI=1S/C14H22N6O.HI/c1-10(2)13-5-12(21-19-13)8-17-14(15-3)16-6-11-7-18-20(4)9-11;/h5,7,9-10H,6,8H2,1-4H3,(H2,15,16,17);1H. The predicted molar refractivity (Wildman–Crippen MR) is 96.3 cm³/mol. The summed E-state index contributed by atoms with van der Waals surface area (Å²) in [6.07, 6.45) is 3.79. The van der Waals surface area contributed by atoms with Crippen molar-refractivity contribution in [2.24, 2.45) is 12.0 Å². The van der Waals surface area contributed by atoms with Gasteiger partial charge in [0.1, 0.15) is 0 Å². The number of rotatable bonds is 5. The minimum atomic E-state index is 0. The van der Waals surface area contributed by atoms with E-state index in [9.17, 15) is 0 Å². The lowest BCUT2D eigenvalue weighted by Crippen LogP contribution is -2.36. The Kier molecular flexibility index (Phi) is 7.36. The first-order chi connectivity index (χ1) is 10.1. The second-order valence-electron chi connectivity index (χ2n) is 5.17. The molecule has 0 atom stereocenters. The first-order valence-electron chi connectivity index (χ1n) is 6.96. The molecule has 122 valence electrons. The number of guanidine groups is 1. The zero-order valence-electron chi connectivity index (χ0n) is 13.3. The topological polar surface area (TPSA) is 80.3 Å². The van der Waals surface area contributed by atoms with Gasteiger partial charge in [0.2, 0.25) is 0 Å². The summed E-state index contributed by atoms with van der Waals surface area (Å²) < 4.78 is 7.05. The van der Waals surface area contributed by atoms with E-state index < -0.39 is 0 Å². The Balaban J connectivity index is 0.00000242. The zero-order chi connectivity index (χ0) is 15.2. The highest BCUT2D eigenvalue weighted by Gasteiger charge is 2.08. The number of hydrogen-bond acceptors (Lipinski definition) is 4. The normalized spacial score (nSPS) is 11.4. The van der Waals surface area contributed by atoms with Crippen LogP contribution in [-0.2, 0) is 20.1 Å². The number of aromatic nitrogens is 3. The fourth-order valence-corrected chi connectivity index (χ4v) is 1.82. The first kappa shape index (κ1) is 18.5. The van der Waals surface area contributed by atoms with E-state index in [4.69, 9.17) is 4.52 Å². The fourth-order valence-electron chi connectivity index (χ4n) is 1.82. The molecule has 0 amide bonds. The van der Waals surface area contributed by atoms with Crippen molar-refractivity contribution >= 4 is 29.9 Å². The molecule has 0 radical (unpaired) electrons. The highest BCUT2D eigenvalue weighted by Crippen LogP contribution is 2.13. The van der Waals surface area contributed by atoms with Crippen LogP contribution >= 0.6 is 24.0 Å². The van der Waals surface area contributed by atoms with Crippen LogP contribution in [0.5, 0.6) is 0 Å². The third-order valence-electron chi connectivity index (χ3n) is 3.04. The minimum Gasteiger partial charge on any atom is -0.359 e. The van der Waals surface area contributed by atoms with Gasteiger partial charge in [-0.1, -0.05) is 19.0 Å². The molecule has 2 heterocycles. The third kappa shape index (κ3) is 5.32. The molecule has 0 aromatic carbocycles. The third-order valence-corrected chi connectivity index (χ3v) is 3.04. The lowest BCUT2D eigenvalue weighted by Gasteiger charge is -2.09. The summed E-state index contributed by atoms with van der Waals surface area (Å²) in [7, 11) is 3.63. The van der Waals surface area contributed by atoms with Gasteiger partial charge < -0.3 is 15.2 Å². The molecule has 0 aliphatic carbocycles. The summed E-state index contributed by atoms with van der Waals surface area (Å²) in [4.78, 5) is 4.17. The summed E-state index contributed by atoms with van der Waals surface area (Å²) >= 11 is 0. The van der Waals surface area contributed by atoms with E-state index in [0.29, 0.717) is 25.0 Å². The molecule has 0 spiro atoms. The van der Waals surface area contributed by atoms with Crippen molar-refractivity contribution in [2.45, 2.75) is 32.9 Å². The molecule has 2 aromatic heterocycles. The summed E-state index contributed by atoms with van der Waals surface area (Å²) in [6, 6.07) is 1.96. The van der Waals surface area contributed by atoms with Crippen LogP contribution in [0.1, 0.15) is 36.8 Å². The van der Waals surface area contributed by atoms with Crippen LogP contribution in [0.3, 0.4) is 0 Å². The van der Waals surface area contributed by atoms with Crippen molar-refractivity contribution in [1.29, 1.82) is 0 Å². The monoisotopic (exact) mass is 418 g/mol. The Hall–Kier alpha value is -1.58. The van der Waals surface area contributed by atoms with Crippen LogP contribution in [-0.4, -0.2) is 27.9 Å². The van der Waals surface area contributed by atoms with Gasteiger partial charge >= 0.3 is 0 Å². The van der Waals surface area contributed by atoms with Gasteiger partial charge in [-0.3, -0.25) is 9.67 Å². The van der Waals surface area contributed by atoms with E-state index in [1.165, 1.54) is 0 Å². The van der Waals surface area contributed by atoms with Crippen LogP contribution in [0.2, 0.25) is 0 Å². The molecule has 0 aliphatic heterocycles. The summed E-state index contributed by atoms with van der Waals surface area (Å²) in [5.74, 6) is 1.87. The van der Waals surface area contributed by atoms with Crippen LogP contribution in [0, 0.1) is 0 Å². The van der Waals surface area contributed by atoms with Gasteiger partial charge in [0.15, 0.2) is 11.7 Å². The Morgan fingerprint density at radius 2 is 2.09 bits per heavy atom. The van der Waals surface area contributed by atoms with Crippen molar-refractivity contribution in [3.8, 4) is 0 Å². The molecule has 0 aliphatic rings. The Bertz CT molecular complexity index is 604. The van der Waals surface area contributed by atoms with E-state index >= 15 is 0 Å². The molecule has 0 bridgehead atoms. The second-order valence-corrected chi connectivity index (χ2v) is 5.17. The molecule has 2 N–H and O–H groups in total. The number of aliphatic imine (C=N–C) groups is 1. The predicted octanol–water partition coefficient (Wildman–Crippen LogP) is 2.01. The number of hydrogen-bond donors (Lipinski definition) is 2. The molecule has 0 saturated heterocycles. The van der Waals surface area contributed by atoms with Crippen LogP contribution < -0.4 is 10.6 Å². The number of halogens is 1. The quantitative estimate of drug-likeness (QED) is 0.441. The minimum absolute atomic E-state index is 0. The van der Waals surface area contributed by atoms with Gasteiger partial charge in [-0.05, 0) is 5.92 Å². The van der Waals surface area contributed by atoms with Crippen molar-refractivity contribution < 1.29 is 4.52 Å². The average molecular weight is 418 g/mol. The molecule has 0 fully saturated rings. The van der Waals surface area contributed by atoms with E-state index in [2.05, 4.69) is 39.7 Å². The van der Waals surface area contributed by atoms with Crippen molar-refractivity contribution in [3.63, 3.8) is 0 Å². The second kappa shape index (κ2) is 8.76. The average Bonchev–Trinajstić information content (AvgIpc) is 3.08. The maximum absolute atomic E-state index is 5.28. The lowest BCUT2D eigenvalue weighted by atomic mass is 10.1. The van der Waals surface area contributed by atoms with Crippen LogP contribution in [0.15, 0.2) is 28.0 Å². The lowest BCUT2D eigenvalue weighted by molar-refractivity contribution is 0.372. The van der Waals surface area contributed by atoms with Gasteiger partial charge in [0.25, 0.3) is 0 Å². The van der Waals surface area contributed by atoms with Gasteiger partial charge in [-0.25, -0.2) is 0 Å². The first-order valence-corrected chi connectivity index (χ1v) is 6.96. The van der Waals surface area contributed by atoms with E-state index in [-0.39, 0.29) is 24.0 Å². The number of nitrogens with zero attached hydrogens (tertiary/aromatic N) is 4. The SMILES string of the molecule is CN=C(NCc1cnn(C)c1)NCc1cc(C(C)C)no1.I. The van der Waals surface area contributed by atoms with E-state index in [0.717, 1.165) is 17.0 Å². The summed E-state index contributed by atoms with van der Waals surface area (Å²) in [5, 5.41) is 14.6. The molecule has 0 saturated carbocycles. The Morgan fingerprint density at radius 1 is 1.36 bits per heavy atom. The van der Waals surface area contributed by atoms with Crippen LogP contribution in [0.4, 0.5) is 0 Å². The number of aryl methyl sites for hydroxylation is 1.